The van der Waals surface area contributed by atoms with E-state index in [0.29, 0.717) is 29.3 Å². The molecule has 2 bridgehead atoms. The minimum atomic E-state index is -0.309. The van der Waals surface area contributed by atoms with E-state index in [2.05, 4.69) is 15.5 Å². The second kappa shape index (κ2) is 7.10. The molecule has 2 fully saturated rings. The average molecular weight is 388 g/mol. The number of nitrogens with zero attached hydrogens (tertiary/aromatic N) is 3. The second-order valence-electron chi connectivity index (χ2n) is 8.47. The number of rotatable bonds is 4. The van der Waals surface area contributed by atoms with Crippen LogP contribution >= 0.6 is 0 Å². The lowest BCUT2D eigenvalue weighted by Gasteiger charge is -2.21. The number of aryl methyl sites for hydroxylation is 1. The van der Waals surface area contributed by atoms with Crippen LogP contribution in [0.5, 0.6) is 0 Å². The van der Waals surface area contributed by atoms with Crippen molar-refractivity contribution in [3.8, 4) is 11.3 Å². The molecule has 2 heterocycles. The second-order valence-corrected chi connectivity index (χ2v) is 8.47. The van der Waals surface area contributed by atoms with Gasteiger partial charge in [-0.3, -0.25) is 14.6 Å². The van der Waals surface area contributed by atoms with E-state index in [1.54, 1.807) is 12.3 Å². The maximum absolute atomic E-state index is 13.0. The van der Waals surface area contributed by atoms with Crippen LogP contribution in [-0.2, 0) is 4.79 Å². The van der Waals surface area contributed by atoms with Gasteiger partial charge >= 0.3 is 0 Å². The van der Waals surface area contributed by atoms with Crippen molar-refractivity contribution in [3.63, 3.8) is 0 Å². The third-order valence-corrected chi connectivity index (χ3v) is 6.54. The molecule has 0 radical (unpaired) electrons. The number of hydrogen-bond acceptors (Lipinski definition) is 4. The van der Waals surface area contributed by atoms with Gasteiger partial charge in [-0.1, -0.05) is 24.6 Å². The van der Waals surface area contributed by atoms with Crippen molar-refractivity contribution in [1.29, 1.82) is 0 Å². The van der Waals surface area contributed by atoms with Crippen LogP contribution in [0.1, 0.15) is 37.8 Å². The Balaban J connectivity index is 1.49. The van der Waals surface area contributed by atoms with Crippen LogP contribution in [0, 0.1) is 24.7 Å². The zero-order chi connectivity index (χ0) is 20.0. The van der Waals surface area contributed by atoms with Gasteiger partial charge in [0.05, 0.1) is 5.39 Å². The highest BCUT2D eigenvalue weighted by molar-refractivity contribution is 5.94. The number of benzene rings is 1. The zero-order valence-electron chi connectivity index (χ0n) is 16.5. The van der Waals surface area contributed by atoms with E-state index in [-0.39, 0.29) is 11.5 Å². The summed E-state index contributed by atoms with van der Waals surface area (Å²) in [5.74, 6) is 1.76. The first kappa shape index (κ1) is 18.0. The number of nitrogens with one attached hydrogen (secondary N) is 1. The predicted molar refractivity (Wildman–Crippen MR) is 112 cm³/mol. The number of carbonyl (C=O) groups is 1. The van der Waals surface area contributed by atoms with E-state index in [1.807, 2.05) is 37.3 Å². The Hall–Kier alpha value is -3.02. The Labute approximate surface area is 168 Å². The molecule has 2 aromatic heterocycles. The fourth-order valence-electron chi connectivity index (χ4n) is 5.20. The molecule has 5 rings (SSSR count). The van der Waals surface area contributed by atoms with Crippen LogP contribution in [0.3, 0.4) is 0 Å². The molecule has 0 unspecified atom stereocenters. The lowest BCUT2D eigenvalue weighted by atomic mass is 9.86. The fraction of sp³-hybridized carbons (Fsp3) is 0.391. The smallest absolute Gasteiger partial charge is 0.273 e. The summed E-state index contributed by atoms with van der Waals surface area (Å²) < 4.78 is 0. The molecular weight excluding hydrogens is 364 g/mol. The topological polar surface area (TPSA) is 76.9 Å². The normalized spacial score (nSPS) is 22.9. The molecule has 3 atom stereocenters. The van der Waals surface area contributed by atoms with Crippen LogP contribution in [0.25, 0.3) is 22.0 Å². The van der Waals surface area contributed by atoms with Gasteiger partial charge in [0.15, 0.2) is 0 Å². The van der Waals surface area contributed by atoms with Gasteiger partial charge in [0.25, 0.3) is 5.56 Å². The van der Waals surface area contributed by atoms with E-state index in [4.69, 9.17) is 0 Å². The lowest BCUT2D eigenvalue weighted by molar-refractivity contribution is -0.118. The Bertz CT molecular complexity index is 1150. The number of amides is 1. The van der Waals surface area contributed by atoms with Crippen molar-refractivity contribution >= 4 is 16.7 Å². The molecular formula is C23H24N4O2. The highest BCUT2D eigenvalue weighted by Gasteiger charge is 2.40. The highest BCUT2D eigenvalue weighted by atomic mass is 16.2. The van der Waals surface area contributed by atoms with Crippen LogP contribution < -0.4 is 11.0 Å². The number of fused-ring (bicyclic) bond motifs is 3. The summed E-state index contributed by atoms with van der Waals surface area (Å²) >= 11 is 0. The molecule has 6 heteroatoms. The third-order valence-electron chi connectivity index (χ3n) is 6.54. The Morgan fingerprint density at radius 1 is 1.17 bits per heavy atom. The van der Waals surface area contributed by atoms with Gasteiger partial charge in [-0.15, -0.1) is 9.89 Å². The molecule has 2 aliphatic rings. The van der Waals surface area contributed by atoms with Gasteiger partial charge < -0.3 is 0 Å². The Morgan fingerprint density at radius 2 is 2.00 bits per heavy atom. The van der Waals surface area contributed by atoms with Crippen molar-refractivity contribution in [1.82, 2.24) is 14.9 Å². The number of carbonyl (C=O) groups excluding carboxylic acids is 1. The monoisotopic (exact) mass is 388 g/mol. The van der Waals surface area contributed by atoms with E-state index in [0.717, 1.165) is 33.8 Å². The van der Waals surface area contributed by atoms with Crippen LogP contribution in [0.15, 0.2) is 47.4 Å². The molecule has 3 aromatic rings. The maximum atomic E-state index is 13.0. The van der Waals surface area contributed by atoms with Crippen molar-refractivity contribution in [2.24, 2.45) is 17.8 Å². The van der Waals surface area contributed by atoms with Crippen LogP contribution in [-0.4, -0.2) is 20.8 Å². The molecule has 0 saturated heterocycles. The quantitative estimate of drug-likeness (QED) is 0.740. The zero-order valence-corrected chi connectivity index (χ0v) is 16.5. The van der Waals surface area contributed by atoms with E-state index in [9.17, 15) is 9.59 Å². The third kappa shape index (κ3) is 3.33. The SMILES string of the molecule is Cc1cc(-c2nn(NC(=O)C[C@H]3C[C@@H]4CC[C@H]3C4)c(=O)c3ccccc23)ccn1. The molecule has 29 heavy (non-hydrogen) atoms. The van der Waals surface area contributed by atoms with Crippen molar-refractivity contribution in [2.75, 3.05) is 5.43 Å². The summed E-state index contributed by atoms with van der Waals surface area (Å²) in [4.78, 5) is 31.0. The largest absolute Gasteiger partial charge is 0.294 e. The van der Waals surface area contributed by atoms with Gasteiger partial charge in [0.2, 0.25) is 5.91 Å². The summed E-state index contributed by atoms with van der Waals surface area (Å²) in [6.45, 7) is 1.92. The average Bonchev–Trinajstić information content (AvgIpc) is 3.33. The molecule has 0 aliphatic heterocycles. The van der Waals surface area contributed by atoms with Crippen LogP contribution in [0.4, 0.5) is 0 Å². The Kier molecular flexibility index (Phi) is 4.42. The van der Waals surface area contributed by atoms with Gasteiger partial charge in [-0.05, 0) is 62.1 Å². The number of pyridine rings is 1. The summed E-state index contributed by atoms with van der Waals surface area (Å²) in [5, 5.41) is 5.82. The first-order chi connectivity index (χ1) is 14.1. The maximum Gasteiger partial charge on any atom is 0.294 e. The number of aromatic nitrogens is 3. The minimum Gasteiger partial charge on any atom is -0.273 e. The molecule has 1 N–H and O–H groups in total. The molecule has 2 aliphatic carbocycles. The molecule has 2 saturated carbocycles. The van der Waals surface area contributed by atoms with Gasteiger partial charge in [0.1, 0.15) is 5.69 Å². The van der Waals surface area contributed by atoms with Crippen molar-refractivity contribution in [3.05, 3.63) is 58.6 Å². The molecule has 1 aromatic carbocycles. The summed E-state index contributed by atoms with van der Waals surface area (Å²) in [7, 11) is 0. The van der Waals surface area contributed by atoms with E-state index in [1.165, 1.54) is 19.3 Å². The van der Waals surface area contributed by atoms with Gasteiger partial charge in [0, 0.05) is 29.3 Å². The minimum absolute atomic E-state index is 0.135. The summed E-state index contributed by atoms with van der Waals surface area (Å²) in [6, 6.07) is 11.2. The Morgan fingerprint density at radius 3 is 2.72 bits per heavy atom. The van der Waals surface area contributed by atoms with Gasteiger partial charge in [-0.2, -0.15) is 0 Å². The first-order valence-electron chi connectivity index (χ1n) is 10.3. The molecule has 148 valence electrons. The first-order valence-corrected chi connectivity index (χ1v) is 10.3. The highest BCUT2D eigenvalue weighted by Crippen LogP contribution is 2.49. The molecule has 6 nitrogen and oxygen atoms in total. The van der Waals surface area contributed by atoms with E-state index < -0.39 is 0 Å². The fourth-order valence-corrected chi connectivity index (χ4v) is 5.20. The van der Waals surface area contributed by atoms with E-state index >= 15 is 0 Å². The summed E-state index contributed by atoms with van der Waals surface area (Å²) in [5.41, 5.74) is 4.83. The van der Waals surface area contributed by atoms with Crippen molar-refractivity contribution in [2.45, 2.75) is 39.0 Å². The van der Waals surface area contributed by atoms with Crippen molar-refractivity contribution < 1.29 is 4.79 Å². The molecule has 1 amide bonds. The lowest BCUT2D eigenvalue weighted by Crippen LogP contribution is -2.36. The summed E-state index contributed by atoms with van der Waals surface area (Å²) in [6.07, 6.45) is 7.14. The predicted octanol–water partition coefficient (Wildman–Crippen LogP) is 3.66. The standard InChI is InChI=1S/C23H24N4O2/c1-14-10-17(8-9-24-14)22-19-4-2-3-5-20(19)23(29)27(26-22)25-21(28)13-18-12-15-6-7-16(18)11-15/h2-5,8-10,15-16,18H,6-7,11-13H2,1H3,(H,25,28)/t15-,16+,18-/m1/s1. The van der Waals surface area contributed by atoms with Gasteiger partial charge in [-0.25, -0.2) is 5.43 Å². The molecule has 0 spiro atoms. The number of hydrogen-bond donors (Lipinski definition) is 1. The van der Waals surface area contributed by atoms with Crippen LogP contribution in [0.2, 0.25) is 0 Å².